The van der Waals surface area contributed by atoms with Gasteiger partial charge in [-0.15, -0.1) is 0 Å². The fourth-order valence-electron chi connectivity index (χ4n) is 6.74. The monoisotopic (exact) mass is 327 g/mol. The van der Waals surface area contributed by atoms with Gasteiger partial charge in [-0.05, 0) is 85.7 Å². The van der Waals surface area contributed by atoms with Crippen LogP contribution in [0.1, 0.15) is 65.7 Å². The molecular weight excluding hydrogens is 298 g/mol. The lowest BCUT2D eigenvalue weighted by Gasteiger charge is -2.57. The van der Waals surface area contributed by atoms with Crippen LogP contribution in [0.25, 0.3) is 0 Å². The minimum absolute atomic E-state index is 0.166. The molecular formula is C21H29NO2. The molecule has 3 nitrogen and oxygen atoms in total. The fourth-order valence-corrected chi connectivity index (χ4v) is 6.74. The maximum atomic E-state index is 11.9. The standard InChI is InChI=1S/C21H29NO2/c1-13(22-24)17-6-7-18-16-5-4-14-12-15(23)8-10-20(14,2)19(16)9-11-21(17,18)3/h6,12,16,18-19,24H,4-5,7-11H2,1-3H3/b22-13+/t16-,18-,19-,20-,21+/m0/s1. The van der Waals surface area contributed by atoms with Crippen LogP contribution >= 0.6 is 0 Å². The first-order chi connectivity index (χ1) is 11.4. The molecule has 1 N–H and O–H groups in total. The lowest BCUT2D eigenvalue weighted by atomic mass is 9.47. The van der Waals surface area contributed by atoms with Crippen LogP contribution in [0.15, 0.2) is 28.5 Å². The zero-order valence-electron chi connectivity index (χ0n) is 15.1. The van der Waals surface area contributed by atoms with Crippen LogP contribution in [-0.4, -0.2) is 16.7 Å². The number of carbonyl (C=O) groups is 1. The van der Waals surface area contributed by atoms with Crippen LogP contribution in [0.4, 0.5) is 0 Å². The van der Waals surface area contributed by atoms with Gasteiger partial charge in [0.1, 0.15) is 0 Å². The van der Waals surface area contributed by atoms with Gasteiger partial charge >= 0.3 is 0 Å². The molecule has 0 heterocycles. The maximum absolute atomic E-state index is 11.9. The smallest absolute Gasteiger partial charge is 0.155 e. The molecule has 0 amide bonds. The fraction of sp³-hybridized carbons (Fsp3) is 0.714. The highest BCUT2D eigenvalue weighted by Crippen LogP contribution is 2.65. The topological polar surface area (TPSA) is 49.7 Å². The summed E-state index contributed by atoms with van der Waals surface area (Å²) in [5.41, 5.74) is 3.91. The van der Waals surface area contributed by atoms with Gasteiger partial charge in [0, 0.05) is 6.42 Å². The maximum Gasteiger partial charge on any atom is 0.155 e. The van der Waals surface area contributed by atoms with Gasteiger partial charge in [-0.25, -0.2) is 0 Å². The predicted octanol–water partition coefficient (Wildman–Crippen LogP) is 4.90. The molecule has 0 aromatic heterocycles. The predicted molar refractivity (Wildman–Crippen MR) is 95.1 cm³/mol. The van der Waals surface area contributed by atoms with Crippen molar-refractivity contribution in [3.05, 3.63) is 23.3 Å². The Hall–Kier alpha value is -1.38. The molecule has 4 aliphatic rings. The molecule has 24 heavy (non-hydrogen) atoms. The normalized spacial score (nSPS) is 45.0. The van der Waals surface area contributed by atoms with Crippen LogP contribution in [0, 0.1) is 28.6 Å². The first-order valence-electron chi connectivity index (χ1n) is 9.53. The van der Waals surface area contributed by atoms with E-state index in [0.717, 1.165) is 37.3 Å². The van der Waals surface area contributed by atoms with Crippen molar-refractivity contribution in [2.24, 2.45) is 33.7 Å². The van der Waals surface area contributed by atoms with Crippen molar-refractivity contribution in [2.45, 2.75) is 65.7 Å². The number of allylic oxidation sites excluding steroid dienone is 4. The minimum Gasteiger partial charge on any atom is -0.411 e. The summed E-state index contributed by atoms with van der Waals surface area (Å²) in [6.07, 6.45) is 11.9. The van der Waals surface area contributed by atoms with E-state index < -0.39 is 0 Å². The van der Waals surface area contributed by atoms with Gasteiger partial charge in [-0.1, -0.05) is 30.7 Å². The van der Waals surface area contributed by atoms with E-state index in [1.807, 2.05) is 13.0 Å². The second-order valence-electron chi connectivity index (χ2n) is 8.96. The number of ketones is 1. The van der Waals surface area contributed by atoms with Crippen LogP contribution < -0.4 is 0 Å². The van der Waals surface area contributed by atoms with E-state index in [1.54, 1.807) is 0 Å². The van der Waals surface area contributed by atoms with Crippen LogP contribution in [0.5, 0.6) is 0 Å². The first-order valence-corrected chi connectivity index (χ1v) is 9.53. The second kappa shape index (κ2) is 5.31. The molecule has 0 unspecified atom stereocenters. The molecule has 2 fully saturated rings. The van der Waals surface area contributed by atoms with Crippen molar-refractivity contribution in [2.75, 3.05) is 0 Å². The van der Waals surface area contributed by atoms with E-state index in [-0.39, 0.29) is 10.8 Å². The number of nitrogens with zero attached hydrogens (tertiary/aromatic N) is 1. The van der Waals surface area contributed by atoms with E-state index >= 15 is 0 Å². The quantitative estimate of drug-likeness (QED) is 0.423. The first kappa shape index (κ1) is 16.1. The lowest BCUT2D eigenvalue weighted by molar-refractivity contribution is -0.117. The average Bonchev–Trinajstić information content (AvgIpc) is 2.92. The minimum atomic E-state index is 0.166. The summed E-state index contributed by atoms with van der Waals surface area (Å²) in [5.74, 6) is 2.45. The number of hydrogen-bond donors (Lipinski definition) is 1. The molecule has 130 valence electrons. The molecule has 0 aromatic carbocycles. The Kier molecular flexibility index (Phi) is 3.56. The van der Waals surface area contributed by atoms with Crippen molar-refractivity contribution >= 4 is 11.5 Å². The van der Waals surface area contributed by atoms with Crippen LogP contribution in [0.3, 0.4) is 0 Å². The molecule has 0 radical (unpaired) electrons. The van der Waals surface area contributed by atoms with E-state index in [4.69, 9.17) is 0 Å². The van der Waals surface area contributed by atoms with E-state index in [1.165, 1.54) is 30.4 Å². The Morgan fingerprint density at radius 2 is 1.96 bits per heavy atom. The lowest BCUT2D eigenvalue weighted by Crippen LogP contribution is -2.50. The van der Waals surface area contributed by atoms with E-state index in [2.05, 4.69) is 25.1 Å². The largest absolute Gasteiger partial charge is 0.411 e. The zero-order chi connectivity index (χ0) is 17.1. The van der Waals surface area contributed by atoms with Crippen LogP contribution in [-0.2, 0) is 4.79 Å². The number of oxime groups is 1. The zero-order valence-corrected chi connectivity index (χ0v) is 15.1. The Labute approximate surface area is 144 Å². The number of carbonyl (C=O) groups excluding carboxylic acids is 1. The van der Waals surface area contributed by atoms with Crippen molar-refractivity contribution in [1.29, 1.82) is 0 Å². The summed E-state index contributed by atoms with van der Waals surface area (Å²) < 4.78 is 0. The second-order valence-corrected chi connectivity index (χ2v) is 8.96. The summed E-state index contributed by atoms with van der Waals surface area (Å²) in [5, 5.41) is 12.8. The molecule has 5 atom stereocenters. The molecule has 0 aliphatic heterocycles. The third-order valence-corrected chi connectivity index (χ3v) is 8.08. The molecule has 2 saturated carbocycles. The van der Waals surface area contributed by atoms with Gasteiger partial charge < -0.3 is 5.21 Å². The van der Waals surface area contributed by atoms with Gasteiger partial charge in [-0.2, -0.15) is 0 Å². The van der Waals surface area contributed by atoms with Crippen molar-refractivity contribution in [3.63, 3.8) is 0 Å². The van der Waals surface area contributed by atoms with Crippen molar-refractivity contribution in [3.8, 4) is 0 Å². The molecule has 0 bridgehead atoms. The van der Waals surface area contributed by atoms with Gasteiger partial charge in [0.05, 0.1) is 5.71 Å². The SMILES string of the molecule is C/C(=N\O)C1=CC[C@H]2[C@@H]3CCC4=CC(=O)CC[C@]4(C)[C@H]3CC[C@]12C. The summed E-state index contributed by atoms with van der Waals surface area (Å²) >= 11 is 0. The Bertz CT molecular complexity index is 673. The van der Waals surface area contributed by atoms with Gasteiger partial charge in [0.25, 0.3) is 0 Å². The van der Waals surface area contributed by atoms with Gasteiger partial charge in [0.2, 0.25) is 0 Å². The molecule has 0 aromatic rings. The van der Waals surface area contributed by atoms with Crippen LogP contribution in [0.2, 0.25) is 0 Å². The number of rotatable bonds is 1. The molecule has 0 spiro atoms. The Balaban J connectivity index is 1.67. The summed E-state index contributed by atoms with van der Waals surface area (Å²) in [6.45, 7) is 6.75. The summed E-state index contributed by atoms with van der Waals surface area (Å²) in [7, 11) is 0. The Morgan fingerprint density at radius 3 is 2.71 bits per heavy atom. The van der Waals surface area contributed by atoms with E-state index in [0.29, 0.717) is 17.6 Å². The molecule has 4 aliphatic carbocycles. The summed E-state index contributed by atoms with van der Waals surface area (Å²) in [4.78, 5) is 11.9. The molecule has 4 rings (SSSR count). The Morgan fingerprint density at radius 1 is 1.17 bits per heavy atom. The van der Waals surface area contributed by atoms with E-state index in [9.17, 15) is 10.0 Å². The molecule has 0 saturated heterocycles. The van der Waals surface area contributed by atoms with Gasteiger partial charge in [0.15, 0.2) is 5.78 Å². The van der Waals surface area contributed by atoms with Crippen molar-refractivity contribution in [1.82, 2.24) is 0 Å². The molecule has 3 heteroatoms. The highest BCUT2D eigenvalue weighted by atomic mass is 16.4. The average molecular weight is 327 g/mol. The van der Waals surface area contributed by atoms with Gasteiger partial charge in [-0.3, -0.25) is 4.79 Å². The third kappa shape index (κ3) is 2.02. The number of hydrogen-bond acceptors (Lipinski definition) is 3. The summed E-state index contributed by atoms with van der Waals surface area (Å²) in [6, 6.07) is 0. The highest BCUT2D eigenvalue weighted by molar-refractivity contribution is 5.99. The third-order valence-electron chi connectivity index (χ3n) is 8.08. The van der Waals surface area contributed by atoms with Crippen molar-refractivity contribution < 1.29 is 10.0 Å². The highest BCUT2D eigenvalue weighted by Gasteiger charge is 2.57. The number of fused-ring (bicyclic) bond motifs is 5.